The highest BCUT2D eigenvalue weighted by molar-refractivity contribution is 5.73. The molecule has 0 aliphatic rings. The molecule has 0 saturated carbocycles. The van der Waals surface area contributed by atoms with E-state index in [-0.39, 0.29) is 5.57 Å². The lowest BCUT2D eigenvalue weighted by molar-refractivity contribution is 1.52. The molecule has 0 fully saturated rings. The zero-order valence-electron chi connectivity index (χ0n) is 5.41. The summed E-state index contributed by atoms with van der Waals surface area (Å²) in [5, 5.41) is 8.38. The van der Waals surface area contributed by atoms with Crippen LogP contribution in [0, 0.1) is 17.9 Å². The Hall–Kier alpha value is -1.55. The molecule has 1 rings (SSSR count). The molecule has 0 heterocycles. The smallest absolute Gasteiger partial charge is 0.0997 e. The minimum absolute atomic E-state index is 0.264. The van der Waals surface area contributed by atoms with Crippen molar-refractivity contribution >= 4 is 5.57 Å². The Kier molecular flexibility index (Phi) is 1.86. The Morgan fingerprint density at radius 3 is 2.40 bits per heavy atom. The monoisotopic (exact) mass is 128 g/mol. The first-order chi connectivity index (χ1) is 4.84. The maximum Gasteiger partial charge on any atom is 0.0997 e. The molecular formula is C9H6N. The van der Waals surface area contributed by atoms with Crippen molar-refractivity contribution in [3.63, 3.8) is 0 Å². The van der Waals surface area contributed by atoms with Crippen molar-refractivity contribution in [3.05, 3.63) is 42.5 Å². The lowest BCUT2D eigenvalue weighted by Gasteiger charge is -1.91. The van der Waals surface area contributed by atoms with Gasteiger partial charge in [0.2, 0.25) is 0 Å². The van der Waals surface area contributed by atoms with E-state index in [2.05, 4.69) is 0 Å². The van der Waals surface area contributed by atoms with Gasteiger partial charge in [-0.05, 0) is 12.1 Å². The predicted molar refractivity (Wildman–Crippen MR) is 39.8 cm³/mol. The molecule has 1 radical (unpaired) electrons. The summed E-state index contributed by atoms with van der Waals surface area (Å²) in [7, 11) is 0. The van der Waals surface area contributed by atoms with Gasteiger partial charge in [0.1, 0.15) is 0 Å². The Balaban J connectivity index is 2.99. The van der Waals surface area contributed by atoms with E-state index in [1.807, 2.05) is 24.3 Å². The minimum atomic E-state index is 0.264. The summed E-state index contributed by atoms with van der Waals surface area (Å²) in [6, 6.07) is 11.1. The van der Waals surface area contributed by atoms with Crippen molar-refractivity contribution in [2.45, 2.75) is 0 Å². The molecule has 0 saturated heterocycles. The van der Waals surface area contributed by atoms with Crippen molar-refractivity contribution in [3.8, 4) is 6.07 Å². The number of hydrogen-bond acceptors (Lipinski definition) is 1. The highest BCUT2D eigenvalue weighted by Gasteiger charge is 1.92. The molecule has 47 valence electrons. The Morgan fingerprint density at radius 2 is 1.90 bits per heavy atom. The SMILES string of the molecule is [CH]=C(C#N)c1ccccc1. The molecule has 1 aromatic carbocycles. The van der Waals surface area contributed by atoms with Gasteiger partial charge in [0.25, 0.3) is 0 Å². The van der Waals surface area contributed by atoms with Gasteiger partial charge in [-0.3, -0.25) is 0 Å². The van der Waals surface area contributed by atoms with Gasteiger partial charge in [0, 0.05) is 0 Å². The molecule has 0 aliphatic carbocycles. The van der Waals surface area contributed by atoms with Crippen molar-refractivity contribution in [2.24, 2.45) is 0 Å². The average molecular weight is 128 g/mol. The molecule has 0 aliphatic heterocycles. The Morgan fingerprint density at radius 1 is 1.30 bits per heavy atom. The molecule has 0 atom stereocenters. The standard InChI is InChI=1S/C9H6N/c1-8(7-10)9-5-3-2-4-6-9/h1-6H. The van der Waals surface area contributed by atoms with Gasteiger partial charge < -0.3 is 0 Å². The van der Waals surface area contributed by atoms with E-state index >= 15 is 0 Å². The van der Waals surface area contributed by atoms with Crippen LogP contribution in [0.1, 0.15) is 5.56 Å². The van der Waals surface area contributed by atoms with Crippen LogP contribution in [-0.2, 0) is 0 Å². The molecule has 0 amide bonds. The van der Waals surface area contributed by atoms with Gasteiger partial charge in [0.15, 0.2) is 0 Å². The summed E-state index contributed by atoms with van der Waals surface area (Å²) in [5.74, 6) is 0. The molecule has 1 heteroatoms. The van der Waals surface area contributed by atoms with Gasteiger partial charge in [-0.25, -0.2) is 0 Å². The first-order valence-corrected chi connectivity index (χ1v) is 2.92. The minimum Gasteiger partial charge on any atom is -0.192 e. The first-order valence-electron chi connectivity index (χ1n) is 2.92. The van der Waals surface area contributed by atoms with Crippen molar-refractivity contribution in [1.82, 2.24) is 0 Å². The van der Waals surface area contributed by atoms with Gasteiger partial charge in [-0.2, -0.15) is 5.26 Å². The highest BCUT2D eigenvalue weighted by atomic mass is 14.2. The lowest BCUT2D eigenvalue weighted by Crippen LogP contribution is -1.75. The van der Waals surface area contributed by atoms with Gasteiger partial charge in [0.05, 0.1) is 11.6 Å². The zero-order chi connectivity index (χ0) is 7.40. The highest BCUT2D eigenvalue weighted by Crippen LogP contribution is 2.08. The third-order valence-electron chi connectivity index (χ3n) is 1.21. The van der Waals surface area contributed by atoms with Crippen LogP contribution in [-0.4, -0.2) is 0 Å². The van der Waals surface area contributed by atoms with Crippen LogP contribution < -0.4 is 0 Å². The van der Waals surface area contributed by atoms with Crippen LogP contribution in [0.2, 0.25) is 0 Å². The maximum atomic E-state index is 8.38. The molecule has 0 aromatic heterocycles. The Labute approximate surface area is 60.2 Å². The van der Waals surface area contributed by atoms with E-state index in [0.717, 1.165) is 5.56 Å². The normalized spacial score (nSPS) is 8.30. The van der Waals surface area contributed by atoms with Gasteiger partial charge in [-0.15, -0.1) is 0 Å². The van der Waals surface area contributed by atoms with E-state index in [1.54, 1.807) is 12.1 Å². The quantitative estimate of drug-likeness (QED) is 0.531. The van der Waals surface area contributed by atoms with Crippen LogP contribution in [0.5, 0.6) is 0 Å². The van der Waals surface area contributed by atoms with E-state index < -0.39 is 0 Å². The number of nitrogens with zero attached hydrogens (tertiary/aromatic N) is 1. The fraction of sp³-hybridized carbons (Fsp3) is 0. The molecule has 0 spiro atoms. The summed E-state index contributed by atoms with van der Waals surface area (Å²) in [4.78, 5) is 0. The van der Waals surface area contributed by atoms with Crippen LogP contribution >= 0.6 is 0 Å². The van der Waals surface area contributed by atoms with Gasteiger partial charge in [-0.1, -0.05) is 30.3 Å². The fourth-order valence-corrected chi connectivity index (χ4v) is 0.682. The second kappa shape index (κ2) is 2.84. The van der Waals surface area contributed by atoms with E-state index in [9.17, 15) is 0 Å². The zero-order valence-corrected chi connectivity index (χ0v) is 5.41. The van der Waals surface area contributed by atoms with Gasteiger partial charge >= 0.3 is 0 Å². The second-order valence-corrected chi connectivity index (χ2v) is 1.89. The summed E-state index contributed by atoms with van der Waals surface area (Å²) >= 11 is 0. The number of rotatable bonds is 1. The second-order valence-electron chi connectivity index (χ2n) is 1.89. The molecule has 10 heavy (non-hydrogen) atoms. The largest absolute Gasteiger partial charge is 0.192 e. The predicted octanol–water partition coefficient (Wildman–Crippen LogP) is 2.03. The van der Waals surface area contributed by atoms with E-state index in [4.69, 9.17) is 11.8 Å². The number of nitriles is 1. The van der Waals surface area contributed by atoms with Crippen LogP contribution in [0.15, 0.2) is 30.3 Å². The summed E-state index contributed by atoms with van der Waals surface area (Å²) < 4.78 is 0. The van der Waals surface area contributed by atoms with E-state index in [0.29, 0.717) is 0 Å². The average Bonchev–Trinajstić information content (AvgIpc) is 2.05. The first kappa shape index (κ1) is 6.57. The summed E-state index contributed by atoms with van der Waals surface area (Å²) in [6.45, 7) is 5.35. The number of benzene rings is 1. The maximum absolute atomic E-state index is 8.38. The molecule has 1 aromatic rings. The lowest BCUT2D eigenvalue weighted by atomic mass is 10.1. The fourth-order valence-electron chi connectivity index (χ4n) is 0.682. The third kappa shape index (κ3) is 1.24. The number of allylic oxidation sites excluding steroid dienone is 1. The van der Waals surface area contributed by atoms with Crippen molar-refractivity contribution in [1.29, 1.82) is 5.26 Å². The van der Waals surface area contributed by atoms with Crippen molar-refractivity contribution in [2.75, 3.05) is 0 Å². The molecule has 0 unspecified atom stereocenters. The molecule has 0 bridgehead atoms. The van der Waals surface area contributed by atoms with Crippen LogP contribution in [0.3, 0.4) is 0 Å². The summed E-state index contributed by atoms with van der Waals surface area (Å²) in [5.41, 5.74) is 1.05. The molecule has 0 N–H and O–H groups in total. The molecular weight excluding hydrogens is 122 g/mol. The number of hydrogen-bond donors (Lipinski definition) is 0. The van der Waals surface area contributed by atoms with Crippen LogP contribution in [0.25, 0.3) is 5.57 Å². The van der Waals surface area contributed by atoms with Crippen LogP contribution in [0.4, 0.5) is 0 Å². The topological polar surface area (TPSA) is 23.8 Å². The Bertz CT molecular complexity index is 267. The summed E-state index contributed by atoms with van der Waals surface area (Å²) in [6.07, 6.45) is 0. The third-order valence-corrected chi connectivity index (χ3v) is 1.21. The molecule has 1 nitrogen and oxygen atoms in total. The van der Waals surface area contributed by atoms with E-state index in [1.165, 1.54) is 0 Å². The van der Waals surface area contributed by atoms with Crippen molar-refractivity contribution < 1.29 is 0 Å².